The average molecular weight is 964 g/mol. The average Bonchev–Trinajstić information content (AvgIpc) is 3.35. The number of hydrogen-bond donors (Lipinski definition) is 0. The largest absolute Gasteiger partial charge is 0.462 e. The summed E-state index contributed by atoms with van der Waals surface area (Å²) >= 11 is 0. The van der Waals surface area contributed by atoms with Crippen molar-refractivity contribution in [1.82, 2.24) is 0 Å². The molecule has 0 aromatic heterocycles. The van der Waals surface area contributed by atoms with Gasteiger partial charge in [0.15, 0.2) is 6.10 Å². The topological polar surface area (TPSA) is 78.9 Å². The molecular formula is C63H110O6. The van der Waals surface area contributed by atoms with E-state index in [1.807, 2.05) is 6.08 Å². The van der Waals surface area contributed by atoms with E-state index in [0.717, 1.165) is 89.9 Å². The molecule has 0 spiro atoms. The number of carbonyl (C=O) groups excluding carboxylic acids is 3. The van der Waals surface area contributed by atoms with E-state index in [1.165, 1.54) is 154 Å². The van der Waals surface area contributed by atoms with Crippen LogP contribution in [0.1, 0.15) is 290 Å². The highest BCUT2D eigenvalue weighted by Crippen LogP contribution is 2.17. The molecule has 0 fully saturated rings. The second-order valence-electron chi connectivity index (χ2n) is 19.5. The van der Waals surface area contributed by atoms with Crippen molar-refractivity contribution in [2.75, 3.05) is 13.2 Å². The summed E-state index contributed by atoms with van der Waals surface area (Å²) < 4.78 is 16.8. The molecule has 6 nitrogen and oxygen atoms in total. The molecule has 0 heterocycles. The smallest absolute Gasteiger partial charge is 0.306 e. The maximum Gasteiger partial charge on any atom is 0.306 e. The van der Waals surface area contributed by atoms with Crippen molar-refractivity contribution in [2.45, 2.75) is 297 Å². The molecule has 0 aliphatic rings. The van der Waals surface area contributed by atoms with Crippen molar-refractivity contribution in [2.24, 2.45) is 0 Å². The molecule has 398 valence electrons. The molecule has 1 atom stereocenters. The summed E-state index contributed by atoms with van der Waals surface area (Å²) in [6, 6.07) is 0. The summed E-state index contributed by atoms with van der Waals surface area (Å²) in [5.41, 5.74) is 0. The van der Waals surface area contributed by atoms with Crippen LogP contribution < -0.4 is 0 Å². The maximum atomic E-state index is 12.8. The Morgan fingerprint density at radius 2 is 0.609 bits per heavy atom. The molecule has 0 N–H and O–H groups in total. The molecule has 6 heteroatoms. The highest BCUT2D eigenvalue weighted by Gasteiger charge is 2.19. The van der Waals surface area contributed by atoms with Crippen LogP contribution in [0.4, 0.5) is 0 Å². The molecule has 0 amide bonds. The van der Waals surface area contributed by atoms with Crippen molar-refractivity contribution in [1.29, 1.82) is 0 Å². The lowest BCUT2D eigenvalue weighted by atomic mass is 10.0. The van der Waals surface area contributed by atoms with E-state index in [4.69, 9.17) is 14.2 Å². The first-order valence-electron chi connectivity index (χ1n) is 29.4. The SMILES string of the molecule is CC/C=C\C/C=C\C/C=C\C/C=C\CCC(=O)OCC(COC(=O)CCCCCCCCCCCCCCCCCCCCCCCCCC)OC(=O)CCCCCCC/C=C\C/C=C\CCCC. The number of ether oxygens (including phenoxy) is 3. The number of hydrogen-bond acceptors (Lipinski definition) is 6. The molecule has 0 aliphatic carbocycles. The van der Waals surface area contributed by atoms with Crippen LogP contribution in [0.25, 0.3) is 0 Å². The van der Waals surface area contributed by atoms with Crippen LogP contribution in [0.5, 0.6) is 0 Å². The molecule has 69 heavy (non-hydrogen) atoms. The number of allylic oxidation sites excluding steroid dienone is 12. The van der Waals surface area contributed by atoms with Crippen LogP contribution in [-0.4, -0.2) is 37.2 Å². The molecule has 0 rings (SSSR count). The number of esters is 3. The summed E-state index contributed by atoms with van der Waals surface area (Å²) in [5, 5.41) is 0. The van der Waals surface area contributed by atoms with Crippen molar-refractivity contribution in [3.05, 3.63) is 72.9 Å². The van der Waals surface area contributed by atoms with Gasteiger partial charge >= 0.3 is 17.9 Å². The zero-order chi connectivity index (χ0) is 50.0. The summed E-state index contributed by atoms with van der Waals surface area (Å²) in [6.07, 6.45) is 73.6. The Morgan fingerprint density at radius 1 is 0.304 bits per heavy atom. The quantitative estimate of drug-likeness (QED) is 0.0262. The van der Waals surface area contributed by atoms with E-state index in [-0.39, 0.29) is 37.5 Å². The Labute approximate surface area is 427 Å². The summed E-state index contributed by atoms with van der Waals surface area (Å²) in [4.78, 5) is 38.1. The zero-order valence-corrected chi connectivity index (χ0v) is 45.6. The first-order chi connectivity index (χ1) is 34.0. The third-order valence-corrected chi connectivity index (χ3v) is 12.7. The molecule has 0 aliphatic heterocycles. The van der Waals surface area contributed by atoms with E-state index in [0.29, 0.717) is 19.3 Å². The van der Waals surface area contributed by atoms with Gasteiger partial charge in [0.1, 0.15) is 13.2 Å². The fourth-order valence-corrected chi connectivity index (χ4v) is 8.30. The number of carbonyl (C=O) groups is 3. The molecular weight excluding hydrogens is 853 g/mol. The minimum absolute atomic E-state index is 0.101. The standard InChI is InChI=1S/C63H110O6/c1-4-7-10-13-16-19-22-25-27-28-29-30-31-32-33-34-35-36-39-41-44-47-50-53-56-62(65)68-59-60(58-67-61(64)55-52-49-46-43-40-37-24-21-18-15-12-9-6-3)69-63(66)57-54-51-48-45-42-38-26-23-20-17-14-11-8-5-2/h9,12,14,17-18,21,23,26,37,40,46,49,60H,4-8,10-11,13,15-16,19-20,22,24-25,27-36,38-39,41-45,47-48,50-59H2,1-3H3/b12-9-,17-14-,21-18-,26-23-,40-37-,49-46-. The van der Waals surface area contributed by atoms with Gasteiger partial charge in [-0.3, -0.25) is 14.4 Å². The monoisotopic (exact) mass is 963 g/mol. The highest BCUT2D eigenvalue weighted by molar-refractivity contribution is 5.71. The van der Waals surface area contributed by atoms with Gasteiger partial charge < -0.3 is 14.2 Å². The Morgan fingerprint density at radius 3 is 1.01 bits per heavy atom. The van der Waals surface area contributed by atoms with E-state index in [1.54, 1.807) is 0 Å². The molecule has 0 radical (unpaired) electrons. The Hall–Kier alpha value is -3.15. The second kappa shape index (κ2) is 57.4. The zero-order valence-electron chi connectivity index (χ0n) is 45.6. The summed E-state index contributed by atoms with van der Waals surface area (Å²) in [6.45, 7) is 6.43. The third-order valence-electron chi connectivity index (χ3n) is 12.7. The third kappa shape index (κ3) is 55.6. The van der Waals surface area contributed by atoms with Gasteiger partial charge in [0, 0.05) is 19.3 Å². The van der Waals surface area contributed by atoms with Crippen molar-refractivity contribution in [3.8, 4) is 0 Å². The van der Waals surface area contributed by atoms with E-state index >= 15 is 0 Å². The predicted molar refractivity (Wildman–Crippen MR) is 298 cm³/mol. The summed E-state index contributed by atoms with van der Waals surface area (Å²) in [7, 11) is 0. The van der Waals surface area contributed by atoms with E-state index in [9.17, 15) is 14.4 Å². The first kappa shape index (κ1) is 65.8. The van der Waals surface area contributed by atoms with Gasteiger partial charge in [-0.15, -0.1) is 0 Å². The lowest BCUT2D eigenvalue weighted by molar-refractivity contribution is -0.166. The first-order valence-corrected chi connectivity index (χ1v) is 29.4. The van der Waals surface area contributed by atoms with Gasteiger partial charge in [0.05, 0.1) is 0 Å². The van der Waals surface area contributed by atoms with Gasteiger partial charge in [-0.05, 0) is 70.6 Å². The fraction of sp³-hybridized carbons (Fsp3) is 0.762. The van der Waals surface area contributed by atoms with Crippen LogP contribution >= 0.6 is 0 Å². The van der Waals surface area contributed by atoms with Gasteiger partial charge in [0.25, 0.3) is 0 Å². The van der Waals surface area contributed by atoms with Crippen molar-refractivity contribution < 1.29 is 28.6 Å². The van der Waals surface area contributed by atoms with Gasteiger partial charge in [-0.2, -0.15) is 0 Å². The van der Waals surface area contributed by atoms with E-state index < -0.39 is 6.10 Å². The summed E-state index contributed by atoms with van der Waals surface area (Å²) in [5.74, 6) is -0.992. The van der Waals surface area contributed by atoms with Crippen molar-refractivity contribution >= 4 is 17.9 Å². The Kier molecular flexibility index (Phi) is 54.8. The fourth-order valence-electron chi connectivity index (χ4n) is 8.30. The normalized spacial score (nSPS) is 12.6. The van der Waals surface area contributed by atoms with Gasteiger partial charge in [-0.1, -0.05) is 273 Å². The minimum atomic E-state index is -0.810. The Balaban J connectivity index is 4.30. The minimum Gasteiger partial charge on any atom is -0.462 e. The van der Waals surface area contributed by atoms with Gasteiger partial charge in [-0.25, -0.2) is 0 Å². The van der Waals surface area contributed by atoms with Crippen LogP contribution in [0.15, 0.2) is 72.9 Å². The molecule has 0 bridgehead atoms. The molecule has 0 saturated heterocycles. The van der Waals surface area contributed by atoms with Crippen LogP contribution in [0.2, 0.25) is 0 Å². The van der Waals surface area contributed by atoms with Crippen LogP contribution in [0.3, 0.4) is 0 Å². The molecule has 1 unspecified atom stereocenters. The number of rotatable bonds is 53. The van der Waals surface area contributed by atoms with Crippen molar-refractivity contribution in [3.63, 3.8) is 0 Å². The van der Waals surface area contributed by atoms with Crippen LogP contribution in [0, 0.1) is 0 Å². The van der Waals surface area contributed by atoms with E-state index in [2.05, 4.69) is 87.6 Å². The highest BCUT2D eigenvalue weighted by atomic mass is 16.6. The Bertz CT molecular complexity index is 1290. The lowest BCUT2D eigenvalue weighted by Crippen LogP contribution is -2.30. The molecule has 0 saturated carbocycles. The van der Waals surface area contributed by atoms with Gasteiger partial charge in [0.2, 0.25) is 0 Å². The molecule has 0 aromatic rings. The van der Waals surface area contributed by atoms with Crippen LogP contribution in [-0.2, 0) is 28.6 Å². The second-order valence-corrected chi connectivity index (χ2v) is 19.5. The maximum absolute atomic E-state index is 12.8. The lowest BCUT2D eigenvalue weighted by Gasteiger charge is -2.18. The molecule has 0 aromatic carbocycles. The number of unbranched alkanes of at least 4 members (excludes halogenated alkanes) is 30. The predicted octanol–water partition coefficient (Wildman–Crippen LogP) is 19.8.